The Bertz CT molecular complexity index is 1170. The molecule has 0 fully saturated rings. The third-order valence-corrected chi connectivity index (χ3v) is 4.68. The number of carbonyl (C=O) groups is 1. The van der Waals surface area contributed by atoms with Crippen molar-refractivity contribution < 1.29 is 18.8 Å². The number of amides is 1. The van der Waals surface area contributed by atoms with Gasteiger partial charge in [-0.05, 0) is 35.0 Å². The van der Waals surface area contributed by atoms with Gasteiger partial charge in [0.25, 0.3) is 5.91 Å². The number of carbonyl (C=O) groups excluding carboxylic acids is 1. The highest BCUT2D eigenvalue weighted by Crippen LogP contribution is 2.22. The number of likely N-dealkylation sites (N-methyl/N-ethyl adjacent to an activating group) is 1. The van der Waals surface area contributed by atoms with E-state index in [-0.39, 0.29) is 19.1 Å². The van der Waals surface area contributed by atoms with Crippen molar-refractivity contribution in [2.75, 3.05) is 20.8 Å². The SMILES string of the molecule is COc1cccc(-c2noc(CN(C)C(=O)COc3ccc4ccccc4c3)n2)c1. The second-order valence-corrected chi connectivity index (χ2v) is 6.79. The van der Waals surface area contributed by atoms with E-state index < -0.39 is 0 Å². The summed E-state index contributed by atoms with van der Waals surface area (Å²) in [6.07, 6.45) is 0. The molecule has 0 aliphatic rings. The van der Waals surface area contributed by atoms with Gasteiger partial charge in [-0.15, -0.1) is 0 Å². The number of ether oxygens (including phenoxy) is 2. The van der Waals surface area contributed by atoms with Crippen molar-refractivity contribution in [1.82, 2.24) is 15.0 Å². The van der Waals surface area contributed by atoms with Crippen LogP contribution in [0.5, 0.6) is 11.5 Å². The molecule has 1 amide bonds. The molecule has 0 saturated heterocycles. The fraction of sp³-hybridized carbons (Fsp3) is 0.174. The van der Waals surface area contributed by atoms with Crippen LogP contribution >= 0.6 is 0 Å². The Morgan fingerprint density at radius 2 is 1.83 bits per heavy atom. The van der Waals surface area contributed by atoms with Crippen LogP contribution in [0.2, 0.25) is 0 Å². The lowest BCUT2D eigenvalue weighted by molar-refractivity contribution is -0.132. The van der Waals surface area contributed by atoms with Gasteiger partial charge in [-0.3, -0.25) is 4.79 Å². The van der Waals surface area contributed by atoms with Gasteiger partial charge < -0.3 is 18.9 Å². The maximum atomic E-state index is 12.4. The van der Waals surface area contributed by atoms with Gasteiger partial charge in [-0.1, -0.05) is 47.6 Å². The van der Waals surface area contributed by atoms with Gasteiger partial charge >= 0.3 is 0 Å². The molecule has 4 rings (SSSR count). The van der Waals surface area contributed by atoms with Crippen LogP contribution in [0.3, 0.4) is 0 Å². The Balaban J connectivity index is 1.35. The van der Waals surface area contributed by atoms with Crippen LogP contribution in [0.15, 0.2) is 71.3 Å². The van der Waals surface area contributed by atoms with E-state index in [0.717, 1.165) is 16.3 Å². The third-order valence-electron chi connectivity index (χ3n) is 4.68. The molecule has 0 atom stereocenters. The van der Waals surface area contributed by atoms with E-state index in [4.69, 9.17) is 14.0 Å². The first-order chi connectivity index (χ1) is 14.6. The van der Waals surface area contributed by atoms with Crippen molar-refractivity contribution >= 4 is 16.7 Å². The number of methoxy groups -OCH3 is 1. The Labute approximate surface area is 173 Å². The summed E-state index contributed by atoms with van der Waals surface area (Å²) < 4.78 is 16.2. The van der Waals surface area contributed by atoms with Crippen LogP contribution in [0.1, 0.15) is 5.89 Å². The zero-order valence-electron chi connectivity index (χ0n) is 16.7. The molecule has 0 saturated carbocycles. The molecule has 3 aromatic carbocycles. The molecule has 0 aliphatic carbocycles. The molecular formula is C23H21N3O4. The molecule has 7 heteroatoms. The zero-order chi connectivity index (χ0) is 20.9. The predicted molar refractivity (Wildman–Crippen MR) is 112 cm³/mol. The molecular weight excluding hydrogens is 382 g/mol. The molecule has 0 N–H and O–H groups in total. The second-order valence-electron chi connectivity index (χ2n) is 6.79. The predicted octanol–water partition coefficient (Wildman–Crippen LogP) is 3.94. The summed E-state index contributed by atoms with van der Waals surface area (Å²) in [4.78, 5) is 18.3. The molecule has 7 nitrogen and oxygen atoms in total. The summed E-state index contributed by atoms with van der Waals surface area (Å²) in [5.74, 6) is 1.95. The Morgan fingerprint density at radius 3 is 2.67 bits per heavy atom. The van der Waals surface area contributed by atoms with E-state index in [2.05, 4.69) is 10.1 Å². The molecule has 152 valence electrons. The monoisotopic (exact) mass is 403 g/mol. The first-order valence-corrected chi connectivity index (χ1v) is 9.45. The van der Waals surface area contributed by atoms with Crippen LogP contribution in [0.25, 0.3) is 22.2 Å². The molecule has 0 unspecified atom stereocenters. The first-order valence-electron chi connectivity index (χ1n) is 9.45. The molecule has 0 bridgehead atoms. The lowest BCUT2D eigenvalue weighted by atomic mass is 10.1. The summed E-state index contributed by atoms with van der Waals surface area (Å²) in [6.45, 7) is 0.114. The first kappa shape index (κ1) is 19.4. The molecule has 0 spiro atoms. The van der Waals surface area contributed by atoms with Crippen molar-refractivity contribution in [2.24, 2.45) is 0 Å². The summed E-state index contributed by atoms with van der Waals surface area (Å²) in [5.41, 5.74) is 0.776. The second kappa shape index (κ2) is 8.65. The number of aromatic nitrogens is 2. The molecule has 4 aromatic rings. The van der Waals surface area contributed by atoms with E-state index in [9.17, 15) is 4.79 Å². The average Bonchev–Trinajstić information content (AvgIpc) is 3.25. The highest BCUT2D eigenvalue weighted by atomic mass is 16.5. The quantitative estimate of drug-likeness (QED) is 0.465. The smallest absolute Gasteiger partial charge is 0.260 e. The molecule has 0 radical (unpaired) electrons. The van der Waals surface area contributed by atoms with Crippen molar-refractivity contribution in [3.63, 3.8) is 0 Å². The van der Waals surface area contributed by atoms with Gasteiger partial charge in [0, 0.05) is 12.6 Å². The minimum Gasteiger partial charge on any atom is -0.497 e. The number of fused-ring (bicyclic) bond motifs is 1. The van der Waals surface area contributed by atoms with Crippen LogP contribution in [0, 0.1) is 0 Å². The van der Waals surface area contributed by atoms with E-state index in [1.807, 2.05) is 66.7 Å². The maximum Gasteiger partial charge on any atom is 0.260 e. The lowest BCUT2D eigenvalue weighted by Gasteiger charge is -2.15. The zero-order valence-corrected chi connectivity index (χ0v) is 16.7. The van der Waals surface area contributed by atoms with Crippen LogP contribution < -0.4 is 9.47 Å². The number of nitrogens with zero attached hydrogens (tertiary/aromatic N) is 3. The van der Waals surface area contributed by atoms with Crippen molar-refractivity contribution in [3.8, 4) is 22.9 Å². The van der Waals surface area contributed by atoms with Gasteiger partial charge in [0.1, 0.15) is 11.5 Å². The van der Waals surface area contributed by atoms with Gasteiger partial charge in [0.2, 0.25) is 11.7 Å². The molecule has 0 aliphatic heterocycles. The van der Waals surface area contributed by atoms with Crippen LogP contribution in [-0.2, 0) is 11.3 Å². The molecule has 1 heterocycles. The Hall–Kier alpha value is -3.87. The number of hydrogen-bond acceptors (Lipinski definition) is 6. The highest BCUT2D eigenvalue weighted by Gasteiger charge is 2.15. The third kappa shape index (κ3) is 4.41. The van der Waals surface area contributed by atoms with E-state index in [1.165, 1.54) is 4.90 Å². The van der Waals surface area contributed by atoms with Crippen molar-refractivity contribution in [2.45, 2.75) is 6.54 Å². The summed E-state index contributed by atoms with van der Waals surface area (Å²) in [6, 6.07) is 21.1. The van der Waals surface area contributed by atoms with Crippen LogP contribution in [0.4, 0.5) is 0 Å². The fourth-order valence-electron chi connectivity index (χ4n) is 3.00. The van der Waals surface area contributed by atoms with Gasteiger partial charge in [0.05, 0.1) is 13.7 Å². The summed E-state index contributed by atoms with van der Waals surface area (Å²) in [5, 5.41) is 6.17. The number of hydrogen-bond donors (Lipinski definition) is 0. The van der Waals surface area contributed by atoms with Crippen molar-refractivity contribution in [3.05, 3.63) is 72.6 Å². The van der Waals surface area contributed by atoms with E-state index >= 15 is 0 Å². The average molecular weight is 403 g/mol. The normalized spacial score (nSPS) is 10.7. The molecule has 1 aromatic heterocycles. The lowest BCUT2D eigenvalue weighted by Crippen LogP contribution is -2.31. The number of rotatable bonds is 7. The minimum atomic E-state index is -0.190. The number of benzene rings is 3. The van der Waals surface area contributed by atoms with Gasteiger partial charge in [-0.25, -0.2) is 0 Å². The van der Waals surface area contributed by atoms with Gasteiger partial charge in [0.15, 0.2) is 6.61 Å². The van der Waals surface area contributed by atoms with E-state index in [1.54, 1.807) is 14.2 Å². The Morgan fingerprint density at radius 1 is 1.00 bits per heavy atom. The molecule has 30 heavy (non-hydrogen) atoms. The van der Waals surface area contributed by atoms with Crippen molar-refractivity contribution in [1.29, 1.82) is 0 Å². The fourth-order valence-corrected chi connectivity index (χ4v) is 3.00. The standard InChI is InChI=1S/C23H21N3O4/c1-26(14-21-24-23(25-30-21)18-8-5-9-19(13-18)28-2)22(27)15-29-20-11-10-16-6-3-4-7-17(16)12-20/h3-13H,14-15H2,1-2H3. The minimum absolute atomic E-state index is 0.0777. The highest BCUT2D eigenvalue weighted by molar-refractivity contribution is 5.84. The van der Waals surface area contributed by atoms with Gasteiger partial charge in [-0.2, -0.15) is 4.98 Å². The van der Waals surface area contributed by atoms with Crippen LogP contribution in [-0.4, -0.2) is 41.7 Å². The largest absolute Gasteiger partial charge is 0.497 e. The van der Waals surface area contributed by atoms with E-state index in [0.29, 0.717) is 23.2 Å². The topological polar surface area (TPSA) is 77.7 Å². The Kier molecular flexibility index (Phi) is 5.61. The summed E-state index contributed by atoms with van der Waals surface area (Å²) in [7, 11) is 3.27. The summed E-state index contributed by atoms with van der Waals surface area (Å²) >= 11 is 0. The maximum absolute atomic E-state index is 12.4.